The molecule has 0 saturated carbocycles. The molecule has 184 valence electrons. The zero-order valence-corrected chi connectivity index (χ0v) is 21.0. The van der Waals surface area contributed by atoms with Crippen molar-refractivity contribution >= 4 is 12.0 Å². The lowest BCUT2D eigenvalue weighted by atomic mass is 9.95. The molecule has 1 saturated heterocycles. The lowest BCUT2D eigenvalue weighted by Gasteiger charge is -2.35. The molecule has 0 N–H and O–H groups in total. The smallest absolute Gasteiger partial charge is 0.412 e. The zero-order chi connectivity index (χ0) is 25.3. The van der Waals surface area contributed by atoms with Crippen LogP contribution in [-0.4, -0.2) is 64.4 Å². The first-order valence-electron chi connectivity index (χ1n) is 11.4. The highest BCUT2D eigenvalue weighted by Crippen LogP contribution is 2.37. The van der Waals surface area contributed by atoms with Crippen molar-refractivity contribution in [3.63, 3.8) is 0 Å². The van der Waals surface area contributed by atoms with Crippen molar-refractivity contribution in [3.8, 4) is 0 Å². The lowest BCUT2D eigenvalue weighted by molar-refractivity contribution is -0.0785. The van der Waals surface area contributed by atoms with Gasteiger partial charge < -0.3 is 14.4 Å². The van der Waals surface area contributed by atoms with Gasteiger partial charge in [-0.3, -0.25) is 14.7 Å². The highest BCUT2D eigenvalue weighted by atomic mass is 19.1. The molecule has 2 amide bonds. The van der Waals surface area contributed by atoms with Crippen LogP contribution in [0.15, 0.2) is 42.6 Å². The van der Waals surface area contributed by atoms with Crippen LogP contribution in [-0.2, 0) is 22.3 Å². The van der Waals surface area contributed by atoms with Gasteiger partial charge >= 0.3 is 6.09 Å². The van der Waals surface area contributed by atoms with Crippen LogP contribution in [0.25, 0.3) is 0 Å². The SMILES string of the molecule is CN(C)C(=O)c1cccnc1C[C@@H]1OC(C)(C)N(C(=O)OC(C)(C)C)[C@@H]1Cc1ccccc1F. The number of carbonyl (C=O) groups excluding carboxylic acids is 2. The molecule has 0 bridgehead atoms. The summed E-state index contributed by atoms with van der Waals surface area (Å²) in [7, 11) is 3.36. The molecule has 0 aliphatic carbocycles. The molecule has 2 heterocycles. The molecule has 8 heteroatoms. The number of halogens is 1. The zero-order valence-electron chi connectivity index (χ0n) is 21.0. The Morgan fingerprint density at radius 3 is 2.44 bits per heavy atom. The fourth-order valence-electron chi connectivity index (χ4n) is 4.25. The maximum Gasteiger partial charge on any atom is 0.412 e. The summed E-state index contributed by atoms with van der Waals surface area (Å²) >= 11 is 0. The van der Waals surface area contributed by atoms with Crippen molar-refractivity contribution in [2.24, 2.45) is 0 Å². The number of hydrogen-bond donors (Lipinski definition) is 0. The van der Waals surface area contributed by atoms with Crippen LogP contribution in [0.2, 0.25) is 0 Å². The highest BCUT2D eigenvalue weighted by Gasteiger charge is 2.51. The van der Waals surface area contributed by atoms with Crippen molar-refractivity contribution in [3.05, 3.63) is 65.2 Å². The molecule has 1 fully saturated rings. The van der Waals surface area contributed by atoms with E-state index < -0.39 is 29.6 Å². The van der Waals surface area contributed by atoms with E-state index in [1.165, 1.54) is 11.0 Å². The molecule has 0 spiro atoms. The molecule has 0 radical (unpaired) electrons. The Morgan fingerprint density at radius 2 is 1.82 bits per heavy atom. The average Bonchev–Trinajstić information content (AvgIpc) is 2.97. The normalized spacial score (nSPS) is 19.7. The van der Waals surface area contributed by atoms with Crippen LogP contribution >= 0.6 is 0 Å². The predicted octanol–water partition coefficient (Wildman–Crippen LogP) is 4.45. The van der Waals surface area contributed by atoms with Crippen molar-refractivity contribution in [1.29, 1.82) is 0 Å². The van der Waals surface area contributed by atoms with E-state index >= 15 is 0 Å². The quantitative estimate of drug-likeness (QED) is 0.644. The van der Waals surface area contributed by atoms with E-state index in [4.69, 9.17) is 9.47 Å². The summed E-state index contributed by atoms with van der Waals surface area (Å²) in [5.74, 6) is -0.522. The number of amides is 2. The molecule has 34 heavy (non-hydrogen) atoms. The maximum absolute atomic E-state index is 14.6. The number of hydrogen-bond acceptors (Lipinski definition) is 5. The van der Waals surface area contributed by atoms with Crippen LogP contribution in [0, 0.1) is 5.82 Å². The Balaban J connectivity index is 2.01. The minimum Gasteiger partial charge on any atom is -0.444 e. The summed E-state index contributed by atoms with van der Waals surface area (Å²) in [4.78, 5) is 33.5. The second kappa shape index (κ2) is 9.70. The number of rotatable bonds is 5. The van der Waals surface area contributed by atoms with E-state index in [-0.39, 0.29) is 24.6 Å². The van der Waals surface area contributed by atoms with Gasteiger partial charge in [0, 0.05) is 26.7 Å². The van der Waals surface area contributed by atoms with Crippen LogP contribution in [0.3, 0.4) is 0 Å². The molecular weight excluding hydrogens is 437 g/mol. The van der Waals surface area contributed by atoms with Crippen LogP contribution in [0.4, 0.5) is 9.18 Å². The van der Waals surface area contributed by atoms with Crippen LogP contribution in [0.5, 0.6) is 0 Å². The van der Waals surface area contributed by atoms with Crippen molar-refractivity contribution in [2.45, 2.75) is 70.9 Å². The second-order valence-electron chi connectivity index (χ2n) is 10.2. The molecule has 7 nitrogen and oxygen atoms in total. The number of ether oxygens (including phenoxy) is 2. The van der Waals surface area contributed by atoms with Gasteiger partial charge in [0.1, 0.15) is 17.1 Å². The Kier molecular flexibility index (Phi) is 7.31. The first-order valence-corrected chi connectivity index (χ1v) is 11.4. The van der Waals surface area contributed by atoms with E-state index in [9.17, 15) is 14.0 Å². The van der Waals surface area contributed by atoms with Gasteiger partial charge in [0.05, 0.1) is 23.4 Å². The molecule has 0 unspecified atom stereocenters. The van der Waals surface area contributed by atoms with E-state index in [0.29, 0.717) is 16.8 Å². The minimum atomic E-state index is -1.01. The summed E-state index contributed by atoms with van der Waals surface area (Å²) in [6.45, 7) is 8.97. The van der Waals surface area contributed by atoms with Crippen molar-refractivity contribution in [2.75, 3.05) is 14.1 Å². The van der Waals surface area contributed by atoms with Gasteiger partial charge in [-0.05, 0) is 64.8 Å². The van der Waals surface area contributed by atoms with Gasteiger partial charge in [-0.1, -0.05) is 18.2 Å². The van der Waals surface area contributed by atoms with E-state index in [1.807, 2.05) is 0 Å². The average molecular weight is 472 g/mol. The van der Waals surface area contributed by atoms with Crippen molar-refractivity contribution < 1.29 is 23.5 Å². The predicted molar refractivity (Wildman–Crippen MR) is 127 cm³/mol. The first kappa shape index (κ1) is 25.6. The van der Waals surface area contributed by atoms with Gasteiger partial charge in [-0.2, -0.15) is 0 Å². The van der Waals surface area contributed by atoms with Crippen LogP contribution in [0.1, 0.15) is 56.2 Å². The largest absolute Gasteiger partial charge is 0.444 e. The minimum absolute atomic E-state index is 0.171. The number of benzene rings is 1. The molecule has 1 aromatic carbocycles. The first-order chi connectivity index (χ1) is 15.8. The van der Waals surface area contributed by atoms with Gasteiger partial charge in [-0.25, -0.2) is 9.18 Å². The Morgan fingerprint density at radius 1 is 1.15 bits per heavy atom. The fraction of sp³-hybridized carbons (Fsp3) is 0.500. The molecule has 2 atom stereocenters. The molecular formula is C26H34FN3O4. The van der Waals surface area contributed by atoms with E-state index in [2.05, 4.69) is 4.98 Å². The maximum atomic E-state index is 14.6. The summed E-state index contributed by atoms with van der Waals surface area (Å²) in [5, 5.41) is 0. The summed E-state index contributed by atoms with van der Waals surface area (Å²) < 4.78 is 26.7. The topological polar surface area (TPSA) is 72.0 Å². The standard InChI is InChI=1S/C26H34FN3O4/c1-25(2,3)34-24(32)30-21(15-17-11-8-9-13-19(17)27)22(33-26(30,4)5)16-20-18(12-10-14-28-20)23(31)29(6)7/h8-14,21-22H,15-16H2,1-7H3/t21-,22+/m1/s1. The van der Waals surface area contributed by atoms with E-state index in [1.54, 1.807) is 90.1 Å². The summed E-state index contributed by atoms with van der Waals surface area (Å²) in [6.07, 6.45) is 1.05. The Bertz CT molecular complexity index is 1050. The second-order valence-corrected chi connectivity index (χ2v) is 10.2. The van der Waals surface area contributed by atoms with Gasteiger partial charge in [0.15, 0.2) is 0 Å². The van der Waals surface area contributed by atoms with Crippen LogP contribution < -0.4 is 0 Å². The van der Waals surface area contributed by atoms with Gasteiger partial charge in [-0.15, -0.1) is 0 Å². The monoisotopic (exact) mass is 471 g/mol. The highest BCUT2D eigenvalue weighted by molar-refractivity contribution is 5.94. The van der Waals surface area contributed by atoms with Gasteiger partial charge in [0.2, 0.25) is 0 Å². The molecule has 2 aromatic rings. The molecule has 1 aromatic heterocycles. The third kappa shape index (κ3) is 5.73. The molecule has 1 aliphatic rings. The third-order valence-electron chi connectivity index (χ3n) is 5.68. The third-order valence-corrected chi connectivity index (χ3v) is 5.68. The number of pyridine rings is 1. The van der Waals surface area contributed by atoms with Crippen molar-refractivity contribution in [1.82, 2.24) is 14.8 Å². The van der Waals surface area contributed by atoms with Gasteiger partial charge in [0.25, 0.3) is 5.91 Å². The van der Waals surface area contributed by atoms with E-state index in [0.717, 1.165) is 0 Å². The molecule has 3 rings (SSSR count). The number of carbonyl (C=O) groups is 2. The number of nitrogens with zero attached hydrogens (tertiary/aromatic N) is 3. The fourth-order valence-corrected chi connectivity index (χ4v) is 4.25. The Labute approximate surface area is 200 Å². The summed E-state index contributed by atoms with van der Waals surface area (Å²) in [5.41, 5.74) is -0.220. The molecule has 1 aliphatic heterocycles. The Hall–Kier alpha value is -3.00. The number of aromatic nitrogens is 1. The summed E-state index contributed by atoms with van der Waals surface area (Å²) in [6, 6.07) is 9.39. The lowest BCUT2D eigenvalue weighted by Crippen LogP contribution is -2.51.